The molecule has 37 heavy (non-hydrogen) atoms. The Hall–Kier alpha value is -2.74. The fourth-order valence-corrected chi connectivity index (χ4v) is 8.28. The fraction of sp³-hybridized carbons (Fsp3) is 0.655. The van der Waals surface area contributed by atoms with Gasteiger partial charge in [-0.3, -0.25) is 14.5 Å². The van der Waals surface area contributed by atoms with E-state index in [0.717, 1.165) is 30.2 Å². The van der Waals surface area contributed by atoms with Crippen molar-refractivity contribution in [1.82, 2.24) is 14.5 Å². The standard InChI is InChI=1S/C29H38N4O4/c34-27(35)12-11-25(31-37)28-29(36)33(26-10-2-1-9-24(26)30-28)23-16-20-7-4-8-21(17-23)32(20)22-14-18-5-3-6-19(13-18)15-22/h1-2,9-10,18-23,37H,3-8,11-17H2,(H,34,35)/t18-,19?,20+,21?,22?,23?/m0/s1. The van der Waals surface area contributed by atoms with E-state index in [1.165, 1.54) is 57.8 Å². The third-order valence-corrected chi connectivity index (χ3v) is 9.66. The molecule has 2 aromatic rings. The molecule has 2 saturated carbocycles. The van der Waals surface area contributed by atoms with Crippen LogP contribution in [-0.4, -0.2) is 54.6 Å². The van der Waals surface area contributed by atoms with E-state index >= 15 is 0 Å². The Kier molecular flexibility index (Phi) is 6.78. The van der Waals surface area contributed by atoms with Gasteiger partial charge in [-0.2, -0.15) is 0 Å². The van der Waals surface area contributed by atoms with E-state index < -0.39 is 5.97 Å². The maximum atomic E-state index is 13.9. The first-order chi connectivity index (χ1) is 18.0. The Bertz CT molecular complexity index is 1230. The van der Waals surface area contributed by atoms with Gasteiger partial charge in [-0.25, -0.2) is 4.98 Å². The normalized spacial score (nSPS) is 32.4. The van der Waals surface area contributed by atoms with Crippen LogP contribution in [-0.2, 0) is 4.79 Å². The average Bonchev–Trinajstić information content (AvgIpc) is 2.88. The largest absolute Gasteiger partial charge is 0.481 e. The van der Waals surface area contributed by atoms with E-state index in [0.29, 0.717) is 23.6 Å². The summed E-state index contributed by atoms with van der Waals surface area (Å²) in [6.45, 7) is 0. The molecular formula is C29H38N4O4. The summed E-state index contributed by atoms with van der Waals surface area (Å²) in [5, 5.41) is 22.1. The predicted molar refractivity (Wildman–Crippen MR) is 141 cm³/mol. The van der Waals surface area contributed by atoms with Gasteiger partial charge in [-0.15, -0.1) is 0 Å². The van der Waals surface area contributed by atoms with Crippen LogP contribution in [0.1, 0.15) is 95.2 Å². The van der Waals surface area contributed by atoms with Gasteiger partial charge in [-0.1, -0.05) is 43.0 Å². The highest BCUT2D eigenvalue weighted by Gasteiger charge is 2.45. The number of nitrogens with zero attached hydrogens (tertiary/aromatic N) is 4. The van der Waals surface area contributed by atoms with Crippen molar-refractivity contribution in [3.63, 3.8) is 0 Å². The van der Waals surface area contributed by atoms with Gasteiger partial charge in [0.05, 0.1) is 17.5 Å². The highest BCUT2D eigenvalue weighted by molar-refractivity contribution is 6.00. The highest BCUT2D eigenvalue weighted by Crippen LogP contribution is 2.47. The van der Waals surface area contributed by atoms with E-state index in [1.54, 1.807) is 0 Å². The summed E-state index contributed by atoms with van der Waals surface area (Å²) in [6, 6.07) is 9.35. The van der Waals surface area contributed by atoms with Crippen LogP contribution >= 0.6 is 0 Å². The number of hydrogen-bond donors (Lipinski definition) is 2. The highest BCUT2D eigenvalue weighted by atomic mass is 16.4. The van der Waals surface area contributed by atoms with Gasteiger partial charge in [0.25, 0.3) is 5.56 Å². The summed E-state index contributed by atoms with van der Waals surface area (Å²) in [6.07, 6.45) is 13.6. The molecule has 6 rings (SSSR count). The summed E-state index contributed by atoms with van der Waals surface area (Å²) >= 11 is 0. The number of carboxylic acids is 1. The second-order valence-electron chi connectivity index (χ2n) is 11.9. The molecule has 2 N–H and O–H groups in total. The molecule has 6 atom stereocenters. The van der Waals surface area contributed by atoms with Crippen LogP contribution in [0.3, 0.4) is 0 Å². The summed E-state index contributed by atoms with van der Waals surface area (Å²) in [5.74, 6) is 0.786. The number of carboxylic acid groups (broad SMARTS) is 1. The molecule has 8 nitrogen and oxygen atoms in total. The van der Waals surface area contributed by atoms with Gasteiger partial charge in [-0.05, 0) is 68.9 Å². The summed E-state index contributed by atoms with van der Waals surface area (Å²) in [4.78, 5) is 32.5. The monoisotopic (exact) mass is 506 g/mol. The molecule has 4 fully saturated rings. The number of benzene rings is 1. The van der Waals surface area contributed by atoms with Crippen molar-refractivity contribution < 1.29 is 15.1 Å². The van der Waals surface area contributed by atoms with Gasteiger partial charge >= 0.3 is 5.97 Å². The van der Waals surface area contributed by atoms with E-state index in [4.69, 9.17) is 5.11 Å². The van der Waals surface area contributed by atoms with Crippen LogP contribution in [0.15, 0.2) is 34.2 Å². The maximum absolute atomic E-state index is 13.9. The van der Waals surface area contributed by atoms with E-state index in [9.17, 15) is 14.8 Å². The van der Waals surface area contributed by atoms with Gasteiger partial charge in [0.1, 0.15) is 5.71 Å². The molecule has 4 unspecified atom stereocenters. The second kappa shape index (κ2) is 10.2. The Balaban J connectivity index is 1.34. The molecule has 198 valence electrons. The van der Waals surface area contributed by atoms with E-state index in [1.807, 2.05) is 28.8 Å². The fourth-order valence-electron chi connectivity index (χ4n) is 8.28. The molecule has 0 spiro atoms. The molecule has 4 aliphatic rings. The second-order valence-corrected chi connectivity index (χ2v) is 11.9. The van der Waals surface area contributed by atoms with E-state index in [2.05, 4.69) is 15.0 Å². The third kappa shape index (κ3) is 4.69. The molecule has 8 heteroatoms. The lowest BCUT2D eigenvalue weighted by Gasteiger charge is -2.55. The predicted octanol–water partition coefficient (Wildman–Crippen LogP) is 4.97. The van der Waals surface area contributed by atoms with Crippen LogP contribution < -0.4 is 5.56 Å². The molecule has 1 aromatic carbocycles. The SMILES string of the molecule is O=C(O)CCC(=NO)c1nc2ccccc2n(C2CC3CCC[C@H](C2)N3C2CC3CCC[C@@H](C3)C2)c1=O. The van der Waals surface area contributed by atoms with Gasteiger partial charge in [0, 0.05) is 30.6 Å². The van der Waals surface area contributed by atoms with Crippen LogP contribution in [0, 0.1) is 11.8 Å². The zero-order valence-corrected chi connectivity index (χ0v) is 21.5. The summed E-state index contributed by atoms with van der Waals surface area (Å²) in [7, 11) is 0. The summed E-state index contributed by atoms with van der Waals surface area (Å²) in [5.41, 5.74) is 1.30. The summed E-state index contributed by atoms with van der Waals surface area (Å²) < 4.78 is 1.89. The van der Waals surface area contributed by atoms with Gasteiger partial charge in [0.15, 0.2) is 5.69 Å². The van der Waals surface area contributed by atoms with Crippen molar-refractivity contribution in [2.24, 2.45) is 17.0 Å². The Morgan fingerprint density at radius 3 is 2.24 bits per heavy atom. The van der Waals surface area contributed by atoms with E-state index in [-0.39, 0.29) is 35.8 Å². The first kappa shape index (κ1) is 24.6. The number of fused-ring (bicyclic) bond motifs is 5. The molecule has 4 bridgehead atoms. The van der Waals surface area contributed by atoms with Crippen molar-refractivity contribution in [3.8, 4) is 0 Å². The van der Waals surface area contributed by atoms with Crippen LogP contribution in [0.25, 0.3) is 11.0 Å². The molecule has 0 amide bonds. The first-order valence-electron chi connectivity index (χ1n) is 14.2. The minimum absolute atomic E-state index is 0.0401. The van der Waals surface area contributed by atoms with Crippen molar-refractivity contribution in [2.75, 3.05) is 0 Å². The topological polar surface area (TPSA) is 108 Å². The molecule has 1 aromatic heterocycles. The smallest absolute Gasteiger partial charge is 0.303 e. The first-order valence-corrected chi connectivity index (χ1v) is 14.2. The quantitative estimate of drug-likeness (QED) is 0.325. The number of rotatable bonds is 6. The third-order valence-electron chi connectivity index (χ3n) is 9.66. The molecule has 0 radical (unpaired) electrons. The zero-order chi connectivity index (χ0) is 25.5. The number of oxime groups is 1. The number of aliphatic carboxylic acids is 1. The Labute approximate surface area is 217 Å². The lowest BCUT2D eigenvalue weighted by atomic mass is 9.68. The van der Waals surface area contributed by atoms with Crippen molar-refractivity contribution in [1.29, 1.82) is 0 Å². The maximum Gasteiger partial charge on any atom is 0.303 e. The number of piperidine rings is 2. The number of para-hydroxylation sites is 2. The van der Waals surface area contributed by atoms with Crippen LogP contribution in [0.5, 0.6) is 0 Å². The van der Waals surface area contributed by atoms with Gasteiger partial charge < -0.3 is 14.9 Å². The lowest BCUT2D eigenvalue weighted by molar-refractivity contribution is -0.136. The van der Waals surface area contributed by atoms with Crippen molar-refractivity contribution >= 4 is 22.7 Å². The molecule has 2 saturated heterocycles. The molecule has 2 aliphatic heterocycles. The Morgan fingerprint density at radius 2 is 1.57 bits per heavy atom. The molecule has 2 aliphatic carbocycles. The van der Waals surface area contributed by atoms with Crippen molar-refractivity contribution in [3.05, 3.63) is 40.3 Å². The van der Waals surface area contributed by atoms with Crippen LogP contribution in [0.4, 0.5) is 0 Å². The average molecular weight is 507 g/mol. The molecular weight excluding hydrogens is 468 g/mol. The van der Waals surface area contributed by atoms with Crippen molar-refractivity contribution in [2.45, 2.75) is 108 Å². The number of aromatic nitrogens is 2. The lowest BCUT2D eigenvalue weighted by Crippen LogP contribution is -2.58. The Morgan fingerprint density at radius 1 is 0.892 bits per heavy atom. The van der Waals surface area contributed by atoms with Crippen LogP contribution in [0.2, 0.25) is 0 Å². The number of carbonyl (C=O) groups is 1. The minimum atomic E-state index is -1.01. The van der Waals surface area contributed by atoms with Gasteiger partial charge in [0.2, 0.25) is 0 Å². The molecule has 3 heterocycles. The minimum Gasteiger partial charge on any atom is -0.481 e. The number of hydrogen-bond acceptors (Lipinski definition) is 6. The zero-order valence-electron chi connectivity index (χ0n) is 21.5.